The van der Waals surface area contributed by atoms with Gasteiger partial charge in [0.25, 0.3) is 0 Å². The fourth-order valence-electron chi connectivity index (χ4n) is 2.76. The lowest BCUT2D eigenvalue weighted by molar-refractivity contribution is 0.0904. The van der Waals surface area contributed by atoms with Crippen LogP contribution in [0.3, 0.4) is 0 Å². The average Bonchev–Trinajstić information content (AvgIpc) is 2.98. The molecule has 3 heteroatoms. The molecule has 0 spiro atoms. The number of pyridine rings is 1. The van der Waals surface area contributed by atoms with Crippen LogP contribution in [-0.2, 0) is 11.3 Å². The maximum absolute atomic E-state index is 5.90. The van der Waals surface area contributed by atoms with Gasteiger partial charge >= 0.3 is 0 Å². The van der Waals surface area contributed by atoms with Gasteiger partial charge in [-0.25, -0.2) is 0 Å². The van der Waals surface area contributed by atoms with Gasteiger partial charge in [-0.1, -0.05) is 30.3 Å². The predicted molar refractivity (Wildman–Crippen MR) is 79.2 cm³/mol. The van der Waals surface area contributed by atoms with E-state index in [-0.39, 0.29) is 6.10 Å². The summed E-state index contributed by atoms with van der Waals surface area (Å²) in [4.78, 5) is 4.03. The summed E-state index contributed by atoms with van der Waals surface area (Å²) in [6, 6.07) is 14.6. The zero-order valence-corrected chi connectivity index (χ0v) is 11.5. The number of rotatable bonds is 5. The smallest absolute Gasteiger partial charge is 0.0866 e. The Morgan fingerprint density at radius 2 is 1.90 bits per heavy atom. The van der Waals surface area contributed by atoms with Crippen molar-refractivity contribution in [3.63, 3.8) is 0 Å². The number of ether oxygens (including phenoxy) is 1. The van der Waals surface area contributed by atoms with Crippen molar-refractivity contribution < 1.29 is 4.74 Å². The summed E-state index contributed by atoms with van der Waals surface area (Å²) in [5.41, 5.74) is 2.57. The molecule has 20 heavy (non-hydrogen) atoms. The van der Waals surface area contributed by atoms with Crippen molar-refractivity contribution in [2.24, 2.45) is 5.92 Å². The molecule has 1 aromatic heterocycles. The van der Waals surface area contributed by atoms with Crippen molar-refractivity contribution in [2.45, 2.75) is 19.1 Å². The molecule has 1 fully saturated rings. The average molecular weight is 268 g/mol. The molecular weight excluding hydrogens is 248 g/mol. The molecule has 0 amide bonds. The molecule has 1 aromatic carbocycles. The summed E-state index contributed by atoms with van der Waals surface area (Å²) >= 11 is 0. The fraction of sp³-hybridized carbons (Fsp3) is 0.353. The van der Waals surface area contributed by atoms with E-state index in [1.807, 2.05) is 24.5 Å². The van der Waals surface area contributed by atoms with Gasteiger partial charge in [0.1, 0.15) is 0 Å². The van der Waals surface area contributed by atoms with Gasteiger partial charge in [0, 0.05) is 38.0 Å². The van der Waals surface area contributed by atoms with Crippen molar-refractivity contribution in [1.82, 2.24) is 10.3 Å². The molecule has 2 atom stereocenters. The van der Waals surface area contributed by atoms with E-state index in [1.165, 1.54) is 11.1 Å². The SMILES string of the molecule is c1ccc([C@H]2OCC[C@@H]2CNCc2ccncc2)cc1. The van der Waals surface area contributed by atoms with Gasteiger partial charge in [-0.2, -0.15) is 0 Å². The highest BCUT2D eigenvalue weighted by Crippen LogP contribution is 2.33. The van der Waals surface area contributed by atoms with Gasteiger partial charge in [0.2, 0.25) is 0 Å². The van der Waals surface area contributed by atoms with Crippen LogP contribution in [0.5, 0.6) is 0 Å². The molecule has 1 N–H and O–H groups in total. The molecule has 0 bridgehead atoms. The Hall–Kier alpha value is -1.71. The third-order valence-electron chi connectivity index (χ3n) is 3.83. The normalized spacial score (nSPS) is 22.0. The van der Waals surface area contributed by atoms with Crippen molar-refractivity contribution in [3.8, 4) is 0 Å². The molecule has 1 aliphatic rings. The molecule has 2 aromatic rings. The van der Waals surface area contributed by atoms with E-state index < -0.39 is 0 Å². The zero-order valence-electron chi connectivity index (χ0n) is 11.5. The van der Waals surface area contributed by atoms with E-state index in [0.29, 0.717) is 5.92 Å². The summed E-state index contributed by atoms with van der Waals surface area (Å²) in [6.45, 7) is 2.74. The number of aromatic nitrogens is 1. The van der Waals surface area contributed by atoms with E-state index in [9.17, 15) is 0 Å². The van der Waals surface area contributed by atoms with Gasteiger partial charge in [-0.3, -0.25) is 4.98 Å². The third-order valence-corrected chi connectivity index (χ3v) is 3.83. The lowest BCUT2D eigenvalue weighted by atomic mass is 9.95. The van der Waals surface area contributed by atoms with Crippen LogP contribution in [0.15, 0.2) is 54.9 Å². The van der Waals surface area contributed by atoms with E-state index >= 15 is 0 Å². The molecule has 1 aliphatic heterocycles. The maximum Gasteiger partial charge on any atom is 0.0866 e. The van der Waals surface area contributed by atoms with E-state index in [1.54, 1.807) is 0 Å². The first-order chi connectivity index (χ1) is 9.93. The van der Waals surface area contributed by atoms with Crippen LogP contribution < -0.4 is 5.32 Å². The Morgan fingerprint density at radius 3 is 2.70 bits per heavy atom. The van der Waals surface area contributed by atoms with Crippen molar-refractivity contribution >= 4 is 0 Å². The van der Waals surface area contributed by atoms with Gasteiger partial charge in [0.15, 0.2) is 0 Å². The Labute approximate surface area is 120 Å². The molecule has 2 heterocycles. The molecule has 3 nitrogen and oxygen atoms in total. The minimum absolute atomic E-state index is 0.237. The van der Waals surface area contributed by atoms with Crippen molar-refractivity contribution in [3.05, 3.63) is 66.0 Å². The van der Waals surface area contributed by atoms with Gasteiger partial charge in [-0.05, 0) is 29.7 Å². The zero-order chi connectivity index (χ0) is 13.6. The van der Waals surface area contributed by atoms with E-state index in [4.69, 9.17) is 4.74 Å². The van der Waals surface area contributed by atoms with Crippen LogP contribution >= 0.6 is 0 Å². The summed E-state index contributed by atoms with van der Waals surface area (Å²) in [7, 11) is 0. The highest BCUT2D eigenvalue weighted by Gasteiger charge is 2.28. The largest absolute Gasteiger partial charge is 0.373 e. The van der Waals surface area contributed by atoms with Gasteiger partial charge in [0.05, 0.1) is 6.10 Å². The molecule has 0 unspecified atom stereocenters. The molecule has 104 valence electrons. The number of nitrogens with zero attached hydrogens (tertiary/aromatic N) is 1. The predicted octanol–water partition coefficient (Wildman–Crippen LogP) is 2.95. The summed E-state index contributed by atoms with van der Waals surface area (Å²) in [6.07, 6.45) is 5.04. The second-order valence-corrected chi connectivity index (χ2v) is 5.24. The highest BCUT2D eigenvalue weighted by molar-refractivity contribution is 5.19. The van der Waals surface area contributed by atoms with Crippen molar-refractivity contribution in [2.75, 3.05) is 13.2 Å². The minimum atomic E-state index is 0.237. The number of hydrogen-bond donors (Lipinski definition) is 1. The van der Waals surface area contributed by atoms with Crippen LogP contribution in [-0.4, -0.2) is 18.1 Å². The second-order valence-electron chi connectivity index (χ2n) is 5.24. The minimum Gasteiger partial charge on any atom is -0.373 e. The van der Waals surface area contributed by atoms with Gasteiger partial charge in [-0.15, -0.1) is 0 Å². The fourth-order valence-corrected chi connectivity index (χ4v) is 2.76. The summed E-state index contributed by atoms with van der Waals surface area (Å²) < 4.78 is 5.90. The Kier molecular flexibility index (Phi) is 4.41. The van der Waals surface area contributed by atoms with Gasteiger partial charge < -0.3 is 10.1 Å². The Morgan fingerprint density at radius 1 is 1.10 bits per heavy atom. The van der Waals surface area contributed by atoms with Crippen LogP contribution in [0, 0.1) is 5.92 Å². The van der Waals surface area contributed by atoms with E-state index in [0.717, 1.165) is 26.1 Å². The maximum atomic E-state index is 5.90. The number of benzene rings is 1. The topological polar surface area (TPSA) is 34.1 Å². The summed E-state index contributed by atoms with van der Waals surface area (Å²) in [5.74, 6) is 0.555. The second kappa shape index (κ2) is 6.64. The standard InChI is InChI=1S/C17H20N2O/c1-2-4-15(5-3-1)17-16(8-11-20-17)13-19-12-14-6-9-18-10-7-14/h1-7,9-10,16-17,19H,8,11-13H2/t16-,17-/m1/s1. The van der Waals surface area contributed by atoms with Crippen LogP contribution in [0.1, 0.15) is 23.7 Å². The molecule has 0 aliphatic carbocycles. The quantitative estimate of drug-likeness (QED) is 0.905. The molecular formula is C17H20N2O. The molecule has 3 rings (SSSR count). The third kappa shape index (κ3) is 3.24. The monoisotopic (exact) mass is 268 g/mol. The molecule has 1 saturated heterocycles. The van der Waals surface area contributed by atoms with E-state index in [2.05, 4.69) is 40.6 Å². The van der Waals surface area contributed by atoms with Crippen LogP contribution in [0.25, 0.3) is 0 Å². The first kappa shape index (κ1) is 13.3. The Balaban J connectivity index is 1.54. The summed E-state index contributed by atoms with van der Waals surface area (Å²) in [5, 5.41) is 3.54. The first-order valence-electron chi connectivity index (χ1n) is 7.19. The van der Waals surface area contributed by atoms with Crippen molar-refractivity contribution in [1.29, 1.82) is 0 Å². The number of hydrogen-bond acceptors (Lipinski definition) is 3. The molecule has 0 radical (unpaired) electrons. The lowest BCUT2D eigenvalue weighted by Crippen LogP contribution is -2.24. The lowest BCUT2D eigenvalue weighted by Gasteiger charge is -2.19. The first-order valence-corrected chi connectivity index (χ1v) is 7.19. The highest BCUT2D eigenvalue weighted by atomic mass is 16.5. The van der Waals surface area contributed by atoms with Crippen LogP contribution in [0.4, 0.5) is 0 Å². The molecule has 0 saturated carbocycles. The van der Waals surface area contributed by atoms with Crippen LogP contribution in [0.2, 0.25) is 0 Å². The number of nitrogens with one attached hydrogen (secondary N) is 1. The Bertz CT molecular complexity index is 515.